The number of thioether (sulfide) groups is 1. The number of carbonyl (C=O) groups is 1. The molecule has 1 atom stereocenters. The SMILES string of the molecule is CC[C@H]1CSC(=Nc2ccc(OC)cc2)N1C(=O)c1ccc(F)cc1F. The van der Waals surface area contributed by atoms with Crippen molar-refractivity contribution >= 4 is 28.5 Å². The molecular weight excluding hydrogens is 358 g/mol. The van der Waals surface area contributed by atoms with E-state index in [4.69, 9.17) is 4.74 Å². The van der Waals surface area contributed by atoms with E-state index in [1.165, 1.54) is 22.7 Å². The van der Waals surface area contributed by atoms with Crippen LogP contribution in [0, 0.1) is 11.6 Å². The number of amidine groups is 1. The van der Waals surface area contributed by atoms with E-state index in [-0.39, 0.29) is 11.6 Å². The van der Waals surface area contributed by atoms with Gasteiger partial charge in [0.05, 0.1) is 18.4 Å². The van der Waals surface area contributed by atoms with Gasteiger partial charge < -0.3 is 4.74 Å². The molecule has 3 rings (SSSR count). The zero-order chi connectivity index (χ0) is 18.7. The molecule has 0 spiro atoms. The van der Waals surface area contributed by atoms with Gasteiger partial charge in [-0.15, -0.1) is 0 Å². The van der Waals surface area contributed by atoms with Crippen molar-refractivity contribution in [2.45, 2.75) is 19.4 Å². The molecule has 2 aromatic carbocycles. The van der Waals surface area contributed by atoms with Crippen molar-refractivity contribution in [2.24, 2.45) is 4.99 Å². The van der Waals surface area contributed by atoms with Crippen molar-refractivity contribution in [2.75, 3.05) is 12.9 Å². The minimum absolute atomic E-state index is 0.0889. The number of halogens is 2. The lowest BCUT2D eigenvalue weighted by molar-refractivity contribution is 0.0814. The summed E-state index contributed by atoms with van der Waals surface area (Å²) < 4.78 is 32.4. The molecule has 4 nitrogen and oxygen atoms in total. The molecule has 1 aliphatic heterocycles. The van der Waals surface area contributed by atoms with E-state index < -0.39 is 17.5 Å². The van der Waals surface area contributed by atoms with E-state index >= 15 is 0 Å². The van der Waals surface area contributed by atoms with Gasteiger partial charge in [0.1, 0.15) is 17.4 Å². The summed E-state index contributed by atoms with van der Waals surface area (Å²) in [4.78, 5) is 18.9. The minimum atomic E-state index is -0.870. The lowest BCUT2D eigenvalue weighted by Crippen LogP contribution is -2.39. The largest absolute Gasteiger partial charge is 0.497 e. The van der Waals surface area contributed by atoms with Gasteiger partial charge in [0, 0.05) is 17.9 Å². The molecular formula is C19H18F2N2O2S. The maximum atomic E-state index is 14.1. The van der Waals surface area contributed by atoms with Crippen LogP contribution in [0.1, 0.15) is 23.7 Å². The van der Waals surface area contributed by atoms with Crippen LogP contribution in [-0.2, 0) is 0 Å². The van der Waals surface area contributed by atoms with Gasteiger partial charge in [-0.25, -0.2) is 13.8 Å². The van der Waals surface area contributed by atoms with Gasteiger partial charge in [-0.2, -0.15) is 0 Å². The Bertz CT molecular complexity index is 840. The molecule has 0 saturated carbocycles. The van der Waals surface area contributed by atoms with Crippen molar-refractivity contribution < 1.29 is 18.3 Å². The minimum Gasteiger partial charge on any atom is -0.497 e. The van der Waals surface area contributed by atoms with Gasteiger partial charge in [-0.1, -0.05) is 18.7 Å². The number of ether oxygens (including phenoxy) is 1. The Labute approximate surface area is 154 Å². The van der Waals surface area contributed by atoms with Crippen LogP contribution in [0.2, 0.25) is 0 Å². The molecule has 2 aromatic rings. The molecule has 0 radical (unpaired) electrons. The maximum absolute atomic E-state index is 14.1. The summed E-state index contributed by atoms with van der Waals surface area (Å²) in [6, 6.07) is 10.0. The summed E-state index contributed by atoms with van der Waals surface area (Å²) in [5, 5.41) is 0.510. The highest BCUT2D eigenvalue weighted by molar-refractivity contribution is 8.14. The number of benzene rings is 2. The van der Waals surface area contributed by atoms with Gasteiger partial charge in [-0.05, 0) is 42.8 Å². The monoisotopic (exact) mass is 376 g/mol. The molecule has 1 fully saturated rings. The fourth-order valence-electron chi connectivity index (χ4n) is 2.67. The normalized spacial score (nSPS) is 18.4. The molecule has 136 valence electrons. The number of hydrogen-bond acceptors (Lipinski definition) is 4. The molecule has 0 bridgehead atoms. The molecule has 7 heteroatoms. The number of carbonyl (C=O) groups excluding carboxylic acids is 1. The first-order valence-corrected chi connectivity index (χ1v) is 9.16. The molecule has 26 heavy (non-hydrogen) atoms. The Kier molecular flexibility index (Phi) is 5.56. The number of rotatable bonds is 4. The summed E-state index contributed by atoms with van der Waals surface area (Å²) in [5.74, 6) is -0.702. The molecule has 1 heterocycles. The van der Waals surface area contributed by atoms with E-state index in [2.05, 4.69) is 4.99 Å². The Morgan fingerprint density at radius 1 is 1.27 bits per heavy atom. The highest BCUT2D eigenvalue weighted by Crippen LogP contribution is 2.31. The van der Waals surface area contributed by atoms with E-state index in [9.17, 15) is 13.6 Å². The topological polar surface area (TPSA) is 41.9 Å². The Balaban J connectivity index is 1.94. The van der Waals surface area contributed by atoms with Crippen LogP contribution in [0.3, 0.4) is 0 Å². The van der Waals surface area contributed by atoms with E-state index in [0.29, 0.717) is 28.8 Å². The van der Waals surface area contributed by atoms with Crippen LogP contribution < -0.4 is 4.74 Å². The van der Waals surface area contributed by atoms with Gasteiger partial charge in [-0.3, -0.25) is 9.69 Å². The van der Waals surface area contributed by atoms with Crippen LogP contribution in [0.25, 0.3) is 0 Å². The number of amides is 1. The van der Waals surface area contributed by atoms with E-state index in [1.807, 2.05) is 6.92 Å². The predicted octanol–water partition coefficient (Wildman–Crippen LogP) is 4.63. The third-order valence-corrected chi connectivity index (χ3v) is 5.22. The Hall–Kier alpha value is -2.41. The molecule has 1 aliphatic rings. The van der Waals surface area contributed by atoms with Crippen LogP contribution in [0.4, 0.5) is 14.5 Å². The summed E-state index contributed by atoms with van der Waals surface area (Å²) in [7, 11) is 1.58. The van der Waals surface area contributed by atoms with Gasteiger partial charge in [0.15, 0.2) is 5.17 Å². The number of aliphatic imine (C=N–C) groups is 1. The summed E-state index contributed by atoms with van der Waals surface area (Å²) in [6.45, 7) is 1.96. The first-order chi connectivity index (χ1) is 12.5. The van der Waals surface area contributed by atoms with Crippen molar-refractivity contribution in [1.82, 2.24) is 4.90 Å². The Morgan fingerprint density at radius 3 is 2.62 bits per heavy atom. The summed E-state index contributed by atoms with van der Waals surface area (Å²) in [6.07, 6.45) is 0.711. The van der Waals surface area contributed by atoms with Crippen LogP contribution in [-0.4, -0.2) is 34.9 Å². The zero-order valence-corrected chi connectivity index (χ0v) is 15.2. The average molecular weight is 376 g/mol. The highest BCUT2D eigenvalue weighted by atomic mass is 32.2. The molecule has 0 unspecified atom stereocenters. The third-order valence-electron chi connectivity index (χ3n) is 4.12. The second-order valence-corrected chi connectivity index (χ2v) is 6.75. The summed E-state index contributed by atoms with van der Waals surface area (Å²) in [5.41, 5.74) is 0.511. The predicted molar refractivity (Wildman–Crippen MR) is 99.2 cm³/mol. The molecule has 0 aliphatic carbocycles. The maximum Gasteiger partial charge on any atom is 0.263 e. The highest BCUT2D eigenvalue weighted by Gasteiger charge is 2.35. The second-order valence-electron chi connectivity index (χ2n) is 5.76. The quantitative estimate of drug-likeness (QED) is 0.781. The third kappa shape index (κ3) is 3.72. The van der Waals surface area contributed by atoms with Crippen molar-refractivity contribution in [3.63, 3.8) is 0 Å². The standard InChI is InChI=1S/C19H18F2N2O2S/c1-3-14-11-26-19(22-13-5-7-15(25-2)8-6-13)23(14)18(24)16-9-4-12(20)10-17(16)21/h4-10,14H,3,11H2,1-2H3/t14-/m0/s1. The lowest BCUT2D eigenvalue weighted by atomic mass is 10.1. The van der Waals surface area contributed by atoms with Crippen molar-refractivity contribution in [3.05, 3.63) is 59.7 Å². The van der Waals surface area contributed by atoms with Gasteiger partial charge >= 0.3 is 0 Å². The molecule has 0 aromatic heterocycles. The van der Waals surface area contributed by atoms with Crippen LogP contribution in [0.5, 0.6) is 5.75 Å². The van der Waals surface area contributed by atoms with Crippen molar-refractivity contribution in [3.8, 4) is 5.75 Å². The average Bonchev–Trinajstić information content (AvgIpc) is 3.04. The Morgan fingerprint density at radius 2 is 2.00 bits per heavy atom. The van der Waals surface area contributed by atoms with Crippen LogP contribution >= 0.6 is 11.8 Å². The molecule has 1 amide bonds. The first-order valence-electron chi connectivity index (χ1n) is 8.17. The second kappa shape index (κ2) is 7.86. The smallest absolute Gasteiger partial charge is 0.263 e. The van der Waals surface area contributed by atoms with Gasteiger partial charge in [0.25, 0.3) is 5.91 Å². The summed E-state index contributed by atoms with van der Waals surface area (Å²) >= 11 is 1.45. The fourth-order valence-corrected chi connectivity index (χ4v) is 3.94. The zero-order valence-electron chi connectivity index (χ0n) is 14.4. The lowest BCUT2D eigenvalue weighted by Gasteiger charge is -2.23. The van der Waals surface area contributed by atoms with Crippen LogP contribution in [0.15, 0.2) is 47.5 Å². The van der Waals surface area contributed by atoms with Gasteiger partial charge in [0.2, 0.25) is 0 Å². The fraction of sp³-hybridized carbons (Fsp3) is 0.263. The van der Waals surface area contributed by atoms with E-state index in [1.54, 1.807) is 31.4 Å². The van der Waals surface area contributed by atoms with E-state index in [0.717, 1.165) is 12.1 Å². The number of nitrogens with zero attached hydrogens (tertiary/aromatic N) is 2. The van der Waals surface area contributed by atoms with Crippen molar-refractivity contribution in [1.29, 1.82) is 0 Å². The molecule has 0 N–H and O–H groups in total. The first kappa shape index (κ1) is 18.4. The molecule has 1 saturated heterocycles. The number of methoxy groups -OCH3 is 1. The number of hydrogen-bond donors (Lipinski definition) is 0.